The third-order valence-corrected chi connectivity index (χ3v) is 5.97. The van der Waals surface area contributed by atoms with Crippen LogP contribution in [0.15, 0.2) is 39.8 Å². The highest BCUT2D eigenvalue weighted by atomic mass is 32.2. The molecule has 0 amide bonds. The summed E-state index contributed by atoms with van der Waals surface area (Å²) in [5.74, 6) is 0. The van der Waals surface area contributed by atoms with Crippen molar-refractivity contribution in [1.82, 2.24) is 0 Å². The van der Waals surface area contributed by atoms with Crippen molar-refractivity contribution < 1.29 is 9.32 Å². The molecule has 0 fully saturated rings. The fourth-order valence-electron chi connectivity index (χ4n) is 1.89. The molecule has 0 aliphatic heterocycles. The third-order valence-electron chi connectivity index (χ3n) is 3.11. The summed E-state index contributed by atoms with van der Waals surface area (Å²) in [4.78, 5) is 1.42. The minimum Gasteiger partial charge on any atom is -0.387 e. The van der Waals surface area contributed by atoms with Crippen molar-refractivity contribution in [3.05, 3.63) is 40.4 Å². The zero-order chi connectivity index (χ0) is 16.4. The van der Waals surface area contributed by atoms with E-state index in [1.54, 1.807) is 0 Å². The predicted molar refractivity (Wildman–Crippen MR) is 94.5 cm³/mol. The van der Waals surface area contributed by atoms with E-state index in [0.717, 1.165) is 10.5 Å². The van der Waals surface area contributed by atoms with E-state index in [-0.39, 0.29) is 5.41 Å². The summed E-state index contributed by atoms with van der Waals surface area (Å²) in [5.41, 5.74) is 2.90. The van der Waals surface area contributed by atoms with Crippen LogP contribution in [0.25, 0.3) is 0 Å². The van der Waals surface area contributed by atoms with Crippen molar-refractivity contribution in [2.24, 2.45) is 5.41 Å². The van der Waals surface area contributed by atoms with E-state index in [2.05, 4.69) is 25.3 Å². The summed E-state index contributed by atoms with van der Waals surface area (Å²) in [6, 6.07) is 7.70. The third kappa shape index (κ3) is 5.53. The monoisotopic (exact) mass is 324 g/mol. The molecule has 1 aromatic carbocycles. The van der Waals surface area contributed by atoms with E-state index in [9.17, 15) is 9.32 Å². The Labute approximate surface area is 132 Å². The number of aliphatic hydroxyl groups is 1. The molecule has 118 valence electrons. The predicted octanol–water partition coefficient (Wildman–Crippen LogP) is 4.27. The quantitative estimate of drug-likeness (QED) is 0.840. The molecule has 0 bridgehead atoms. The number of benzene rings is 1. The molecule has 0 aromatic heterocycles. The van der Waals surface area contributed by atoms with E-state index in [1.165, 1.54) is 0 Å². The van der Waals surface area contributed by atoms with Gasteiger partial charge in [0.2, 0.25) is 0 Å². The summed E-state index contributed by atoms with van der Waals surface area (Å²) in [7, 11) is -2.89. The van der Waals surface area contributed by atoms with Crippen LogP contribution in [0.3, 0.4) is 0 Å². The van der Waals surface area contributed by atoms with Gasteiger partial charge in [-0.25, -0.2) is 4.21 Å². The van der Waals surface area contributed by atoms with Crippen LogP contribution < -0.4 is 0 Å². The molecule has 0 aliphatic rings. The Balaban J connectivity index is 3.28. The minimum absolute atomic E-state index is 0.328. The largest absolute Gasteiger partial charge is 0.387 e. The molecule has 0 aliphatic carbocycles. The SMILES string of the molecule is Cc1ccc(S(=O)/C(=C/[Si](C)(C)C)[C@@H](O)C(C)(C)C)cc1. The van der Waals surface area contributed by atoms with Crippen molar-refractivity contribution in [1.29, 1.82) is 0 Å². The molecule has 2 nitrogen and oxygen atoms in total. The first kappa shape index (κ1) is 18.3. The van der Waals surface area contributed by atoms with Gasteiger partial charge in [0.05, 0.1) is 25.0 Å². The van der Waals surface area contributed by atoms with E-state index in [0.29, 0.717) is 4.91 Å². The van der Waals surface area contributed by atoms with E-state index >= 15 is 0 Å². The second-order valence-corrected chi connectivity index (χ2v) is 14.3. The number of hydrogen-bond acceptors (Lipinski definition) is 2. The maximum absolute atomic E-state index is 12.9. The van der Waals surface area contributed by atoms with E-state index in [4.69, 9.17) is 0 Å². The number of aliphatic hydroxyl groups excluding tert-OH is 1. The second-order valence-electron chi connectivity index (χ2n) is 7.76. The normalized spacial score (nSPS) is 16.7. The highest BCUT2D eigenvalue weighted by molar-refractivity contribution is 7.89. The molecule has 1 rings (SSSR count). The number of rotatable bonds is 4. The molecule has 0 heterocycles. The van der Waals surface area contributed by atoms with Gasteiger partial charge < -0.3 is 5.11 Å². The van der Waals surface area contributed by atoms with Gasteiger partial charge in [0.1, 0.15) is 0 Å². The lowest BCUT2D eigenvalue weighted by atomic mass is 9.89. The Morgan fingerprint density at radius 3 is 2.05 bits per heavy atom. The van der Waals surface area contributed by atoms with Crippen molar-refractivity contribution >= 4 is 18.9 Å². The van der Waals surface area contributed by atoms with Crippen molar-refractivity contribution in [3.63, 3.8) is 0 Å². The first-order chi connectivity index (χ1) is 9.42. The molecular weight excluding hydrogens is 296 g/mol. The van der Waals surface area contributed by atoms with Gasteiger partial charge in [0.25, 0.3) is 0 Å². The van der Waals surface area contributed by atoms with Crippen molar-refractivity contribution in [3.8, 4) is 0 Å². The summed E-state index contributed by atoms with van der Waals surface area (Å²) >= 11 is 0. The van der Waals surface area contributed by atoms with Crippen LogP contribution in [0.1, 0.15) is 26.3 Å². The van der Waals surface area contributed by atoms with Gasteiger partial charge in [0, 0.05) is 9.80 Å². The summed E-state index contributed by atoms with van der Waals surface area (Å²) in [5, 5.41) is 10.7. The standard InChI is InChI=1S/C17H28O2SSi/c1-13-8-10-14(11-9-13)20(19)15(12-21(5,6)7)16(18)17(2,3)4/h8-12,16,18H,1-7H3/b15-12+/t16-,20?/m1/s1. The Morgan fingerprint density at radius 2 is 1.67 bits per heavy atom. The zero-order valence-corrected chi connectivity index (χ0v) is 16.0. The van der Waals surface area contributed by atoms with Crippen molar-refractivity contribution in [2.75, 3.05) is 0 Å². The molecule has 1 aromatic rings. The highest BCUT2D eigenvalue weighted by Crippen LogP contribution is 2.30. The van der Waals surface area contributed by atoms with E-state index < -0.39 is 25.0 Å². The molecule has 0 spiro atoms. The fourth-order valence-corrected chi connectivity index (χ4v) is 5.60. The Kier molecular flexibility index (Phi) is 5.75. The summed E-state index contributed by atoms with van der Waals surface area (Å²) < 4.78 is 12.9. The lowest BCUT2D eigenvalue weighted by Crippen LogP contribution is -2.32. The molecular formula is C17H28O2SSi. The molecule has 4 heteroatoms. The zero-order valence-electron chi connectivity index (χ0n) is 14.2. The minimum atomic E-state index is -1.58. The molecule has 1 N–H and O–H groups in total. The average molecular weight is 325 g/mol. The Hall–Kier alpha value is -0.713. The van der Waals surface area contributed by atoms with Crippen LogP contribution in [-0.2, 0) is 10.8 Å². The van der Waals surface area contributed by atoms with Gasteiger partial charge in [-0.05, 0) is 24.5 Å². The summed E-state index contributed by atoms with van der Waals surface area (Å²) in [6.45, 7) is 14.5. The van der Waals surface area contributed by atoms with Crippen LogP contribution in [0, 0.1) is 12.3 Å². The molecule has 1 unspecified atom stereocenters. The van der Waals surface area contributed by atoms with Gasteiger partial charge in [-0.2, -0.15) is 0 Å². The Bertz CT molecular complexity index is 533. The second kappa shape index (κ2) is 6.59. The molecule has 0 saturated heterocycles. The van der Waals surface area contributed by atoms with Crippen LogP contribution in [0.2, 0.25) is 19.6 Å². The van der Waals surface area contributed by atoms with Gasteiger partial charge >= 0.3 is 0 Å². The lowest BCUT2D eigenvalue weighted by molar-refractivity contribution is 0.102. The molecule has 21 heavy (non-hydrogen) atoms. The first-order valence-electron chi connectivity index (χ1n) is 7.31. The molecule has 0 saturated carbocycles. The van der Waals surface area contributed by atoms with Crippen LogP contribution >= 0.6 is 0 Å². The number of aryl methyl sites for hydroxylation is 1. The van der Waals surface area contributed by atoms with Crippen LogP contribution in [0.4, 0.5) is 0 Å². The smallest absolute Gasteiger partial charge is 0.0918 e. The lowest BCUT2D eigenvalue weighted by Gasteiger charge is -2.29. The maximum atomic E-state index is 12.9. The van der Waals surface area contributed by atoms with E-state index in [1.807, 2.05) is 52.0 Å². The molecule has 2 atom stereocenters. The van der Waals surface area contributed by atoms with Crippen molar-refractivity contribution in [2.45, 2.75) is 58.3 Å². The van der Waals surface area contributed by atoms with Gasteiger partial charge in [-0.1, -0.05) is 63.8 Å². The van der Waals surface area contributed by atoms with Crippen LogP contribution in [-0.4, -0.2) is 23.5 Å². The van der Waals surface area contributed by atoms with Gasteiger partial charge in [-0.3, -0.25) is 0 Å². The van der Waals surface area contributed by atoms with Gasteiger partial charge in [0.15, 0.2) is 0 Å². The van der Waals surface area contributed by atoms with Gasteiger partial charge in [-0.15, -0.1) is 0 Å². The topological polar surface area (TPSA) is 37.3 Å². The summed E-state index contributed by atoms with van der Waals surface area (Å²) in [6.07, 6.45) is -0.702. The fraction of sp³-hybridized carbons (Fsp3) is 0.529. The Morgan fingerprint density at radius 1 is 1.19 bits per heavy atom. The highest BCUT2D eigenvalue weighted by Gasteiger charge is 2.31. The molecule has 0 radical (unpaired) electrons. The number of hydrogen-bond donors (Lipinski definition) is 1. The maximum Gasteiger partial charge on any atom is 0.0918 e. The first-order valence-corrected chi connectivity index (χ1v) is 12.0. The average Bonchev–Trinajstić information content (AvgIpc) is 2.33. The van der Waals surface area contributed by atoms with Crippen LogP contribution in [0.5, 0.6) is 0 Å².